The predicted octanol–water partition coefficient (Wildman–Crippen LogP) is 4.64. The number of hydrogen-bond donors (Lipinski definition) is 4. The van der Waals surface area contributed by atoms with E-state index in [0.717, 1.165) is 17.5 Å². The second kappa shape index (κ2) is 16.4. The number of hydrogen-bond acceptors (Lipinski definition) is 9. The zero-order valence-corrected chi connectivity index (χ0v) is 24.8. The Bertz CT molecular complexity index is 1450. The predicted molar refractivity (Wildman–Crippen MR) is 160 cm³/mol. The van der Waals surface area contributed by atoms with Crippen LogP contribution in [-0.4, -0.2) is 50.7 Å². The molecule has 2 amide bonds. The molecule has 4 N–H and O–H groups in total. The van der Waals surface area contributed by atoms with Crippen LogP contribution in [0.5, 0.6) is 0 Å². The molecule has 4 rings (SSSR count). The van der Waals surface area contributed by atoms with E-state index in [4.69, 9.17) is 10.4 Å². The molecule has 4 aromatic rings. The van der Waals surface area contributed by atoms with Gasteiger partial charge in [0, 0.05) is 17.1 Å². The lowest BCUT2D eigenvalue weighted by atomic mass is 10.0. The fraction of sp³-hybridized carbons (Fsp3) is 0.300. The van der Waals surface area contributed by atoms with E-state index < -0.39 is 24.0 Å². The number of aromatic nitrogens is 2. The highest BCUT2D eigenvalue weighted by atomic mass is 32.1. The summed E-state index contributed by atoms with van der Waals surface area (Å²) in [4.78, 5) is 34.0. The number of aliphatic hydroxyl groups is 2. The number of aliphatic hydroxyl groups excluding tert-OH is 2. The summed E-state index contributed by atoms with van der Waals surface area (Å²) in [5.74, 6) is -1.25. The number of carbonyl (C=O) groups excluding carboxylic acids is 2. The molecule has 0 aliphatic rings. The third kappa shape index (κ3) is 10.1. The van der Waals surface area contributed by atoms with Gasteiger partial charge in [0.05, 0.1) is 36.5 Å². The summed E-state index contributed by atoms with van der Waals surface area (Å²) >= 11 is 2.45. The molecular weight excluding hydrogens is 577 g/mol. The van der Waals surface area contributed by atoms with E-state index in [1.165, 1.54) is 41.0 Å². The van der Waals surface area contributed by atoms with E-state index in [9.17, 15) is 19.1 Å². The van der Waals surface area contributed by atoms with Crippen LogP contribution in [0.3, 0.4) is 0 Å². The van der Waals surface area contributed by atoms with E-state index in [1.54, 1.807) is 54.9 Å². The van der Waals surface area contributed by atoms with Crippen LogP contribution in [0, 0.1) is 17.1 Å². The number of nitrogens with one attached hydrogen (secondary N) is 2. The number of aryl methyl sites for hydroxylation is 1. The van der Waals surface area contributed by atoms with Gasteiger partial charge in [-0.2, -0.15) is 5.26 Å². The van der Waals surface area contributed by atoms with Crippen molar-refractivity contribution in [3.8, 4) is 16.6 Å². The van der Waals surface area contributed by atoms with E-state index in [0.29, 0.717) is 33.3 Å². The summed E-state index contributed by atoms with van der Waals surface area (Å²) in [7, 11) is 0. The third-order valence-electron chi connectivity index (χ3n) is 6.08. The van der Waals surface area contributed by atoms with Crippen LogP contribution in [0.2, 0.25) is 0 Å². The summed E-state index contributed by atoms with van der Waals surface area (Å²) < 4.78 is 13.2. The van der Waals surface area contributed by atoms with Gasteiger partial charge in [0.15, 0.2) is 0 Å². The molecule has 12 heteroatoms. The lowest BCUT2D eigenvalue weighted by Gasteiger charge is -2.23. The minimum Gasteiger partial charge on any atom is -0.393 e. The maximum atomic E-state index is 13.2. The van der Waals surface area contributed by atoms with Crippen molar-refractivity contribution in [2.45, 2.75) is 51.4 Å². The summed E-state index contributed by atoms with van der Waals surface area (Å²) in [6.07, 6.45) is 3.60. The Hall–Kier alpha value is -4.02. The van der Waals surface area contributed by atoms with Crippen LogP contribution in [0.25, 0.3) is 10.6 Å². The van der Waals surface area contributed by atoms with E-state index in [2.05, 4.69) is 26.7 Å². The average molecular weight is 610 g/mol. The first kappa shape index (κ1) is 32.5. The Balaban J connectivity index is 0.000000892. The van der Waals surface area contributed by atoms with Gasteiger partial charge in [-0.1, -0.05) is 31.2 Å². The molecule has 220 valence electrons. The first-order valence-electron chi connectivity index (χ1n) is 13.2. The average Bonchev–Trinajstić information content (AvgIpc) is 3.72. The second-order valence-electron chi connectivity index (χ2n) is 9.31. The molecule has 2 aromatic heterocycles. The smallest absolute Gasteiger partial charge is 0.263 e. The van der Waals surface area contributed by atoms with Gasteiger partial charge in [0.2, 0.25) is 5.91 Å². The summed E-state index contributed by atoms with van der Waals surface area (Å²) in [6, 6.07) is 14.3. The molecular formula is C30H32FN5O4S2. The maximum Gasteiger partial charge on any atom is 0.263 e. The quantitative estimate of drug-likeness (QED) is 0.194. The lowest BCUT2D eigenvalue weighted by Crippen LogP contribution is -2.44. The van der Waals surface area contributed by atoms with Crippen LogP contribution >= 0.6 is 22.7 Å². The van der Waals surface area contributed by atoms with Gasteiger partial charge < -0.3 is 20.8 Å². The van der Waals surface area contributed by atoms with Gasteiger partial charge in [-0.05, 0) is 56.0 Å². The molecule has 3 unspecified atom stereocenters. The zero-order valence-electron chi connectivity index (χ0n) is 23.2. The first-order chi connectivity index (χ1) is 20.2. The van der Waals surface area contributed by atoms with Crippen LogP contribution < -0.4 is 10.6 Å². The van der Waals surface area contributed by atoms with Crippen LogP contribution in [0.4, 0.5) is 4.39 Å². The highest BCUT2D eigenvalue weighted by molar-refractivity contribution is 7.16. The molecule has 0 bridgehead atoms. The molecule has 2 aromatic carbocycles. The molecule has 0 aliphatic heterocycles. The van der Waals surface area contributed by atoms with E-state index >= 15 is 0 Å². The Morgan fingerprint density at radius 2 is 1.79 bits per heavy atom. The molecule has 0 saturated heterocycles. The molecule has 42 heavy (non-hydrogen) atoms. The number of nitriles is 1. The SMILES string of the molecule is CCC(C)O.N#Cc1ccc(-c2ncc(C(=O)NCC(=O)NC(CCc3ccc(F)cc3)C(O)c3nccs3)s2)cc1. The summed E-state index contributed by atoms with van der Waals surface area (Å²) in [5.41, 5.74) is 2.17. The molecule has 0 saturated carbocycles. The molecule has 0 fully saturated rings. The van der Waals surface area contributed by atoms with Crippen LogP contribution in [0.15, 0.2) is 66.3 Å². The topological polar surface area (TPSA) is 148 Å². The molecule has 2 heterocycles. The number of thiazole rings is 2. The maximum absolute atomic E-state index is 13.2. The first-order valence-corrected chi connectivity index (χ1v) is 14.9. The number of amides is 2. The van der Waals surface area contributed by atoms with Crippen molar-refractivity contribution in [1.29, 1.82) is 5.26 Å². The normalized spacial score (nSPS) is 12.7. The second-order valence-corrected chi connectivity index (χ2v) is 11.3. The third-order valence-corrected chi connectivity index (χ3v) is 7.97. The lowest BCUT2D eigenvalue weighted by molar-refractivity contribution is -0.121. The number of benzene rings is 2. The molecule has 0 spiro atoms. The molecule has 0 radical (unpaired) electrons. The van der Waals surface area contributed by atoms with Crippen LogP contribution in [-0.2, 0) is 11.2 Å². The van der Waals surface area contributed by atoms with E-state index in [1.807, 2.05) is 6.92 Å². The van der Waals surface area contributed by atoms with Gasteiger partial charge in [-0.3, -0.25) is 9.59 Å². The summed E-state index contributed by atoms with van der Waals surface area (Å²) in [6.45, 7) is 3.44. The Kier molecular flexibility index (Phi) is 12.7. The fourth-order valence-corrected chi connectivity index (χ4v) is 5.06. The van der Waals surface area contributed by atoms with Crippen molar-refractivity contribution in [3.05, 3.63) is 93.1 Å². The van der Waals surface area contributed by atoms with Crippen LogP contribution in [0.1, 0.15) is 58.6 Å². The minimum absolute atomic E-state index is 0.116. The fourth-order valence-electron chi connectivity index (χ4n) is 3.54. The van der Waals surface area contributed by atoms with Gasteiger partial charge in [-0.15, -0.1) is 22.7 Å². The Morgan fingerprint density at radius 1 is 1.10 bits per heavy atom. The number of rotatable bonds is 11. The van der Waals surface area contributed by atoms with E-state index in [-0.39, 0.29) is 18.5 Å². The number of halogens is 1. The molecule has 0 aliphatic carbocycles. The molecule has 9 nitrogen and oxygen atoms in total. The summed E-state index contributed by atoms with van der Waals surface area (Å²) in [5, 5.41) is 36.3. The zero-order chi connectivity index (χ0) is 30.5. The largest absolute Gasteiger partial charge is 0.393 e. The standard InChI is InChI=1S/C26H22FN5O3S2.C4H10O/c27-19-8-3-16(4-9-19)5-10-20(23(34)26-29-11-12-36-26)32-22(33)15-30-24(35)21-14-31-25(37-21)18-6-1-17(13-28)2-7-18;1-3-4(2)5/h1-4,6-9,11-12,14,20,23,34H,5,10,15H2,(H,30,35)(H,32,33);4-5H,3H2,1-2H3. The van der Waals surface area contributed by atoms with Crippen molar-refractivity contribution < 1.29 is 24.2 Å². The van der Waals surface area contributed by atoms with Crippen molar-refractivity contribution in [2.75, 3.05) is 6.54 Å². The van der Waals surface area contributed by atoms with Gasteiger partial charge in [0.25, 0.3) is 5.91 Å². The minimum atomic E-state index is -1.03. The number of nitrogens with zero attached hydrogens (tertiary/aromatic N) is 3. The van der Waals surface area contributed by atoms with Gasteiger partial charge in [-0.25, -0.2) is 14.4 Å². The molecule has 3 atom stereocenters. The highest BCUT2D eigenvalue weighted by Gasteiger charge is 2.25. The van der Waals surface area contributed by atoms with Gasteiger partial charge >= 0.3 is 0 Å². The Morgan fingerprint density at radius 3 is 2.38 bits per heavy atom. The van der Waals surface area contributed by atoms with Crippen molar-refractivity contribution >= 4 is 34.5 Å². The van der Waals surface area contributed by atoms with Crippen molar-refractivity contribution in [3.63, 3.8) is 0 Å². The highest BCUT2D eigenvalue weighted by Crippen LogP contribution is 2.25. The monoisotopic (exact) mass is 609 g/mol. The van der Waals surface area contributed by atoms with Gasteiger partial charge in [0.1, 0.15) is 26.8 Å². The Labute approximate surface area is 251 Å². The van der Waals surface area contributed by atoms with Crippen molar-refractivity contribution in [1.82, 2.24) is 20.6 Å². The number of carbonyl (C=O) groups is 2. The van der Waals surface area contributed by atoms with Crippen molar-refractivity contribution in [2.24, 2.45) is 0 Å².